The van der Waals surface area contributed by atoms with Gasteiger partial charge in [0.2, 0.25) is 0 Å². The van der Waals surface area contributed by atoms with Gasteiger partial charge in [0, 0.05) is 23.9 Å². The minimum atomic E-state index is 0.0734. The highest BCUT2D eigenvalue weighted by Gasteiger charge is 2.25. The Morgan fingerprint density at radius 3 is 2.41 bits per heavy atom. The van der Waals surface area contributed by atoms with Crippen LogP contribution in [0.25, 0.3) is 11.6 Å². The molecule has 0 heterocycles. The number of fused-ring (bicyclic) bond motifs is 3. The molecule has 2 aromatic rings. The summed E-state index contributed by atoms with van der Waals surface area (Å²) in [5.41, 5.74) is 6.15. The number of ketones is 1. The van der Waals surface area contributed by atoms with E-state index >= 15 is 0 Å². The minimum Gasteiger partial charge on any atom is -0.381 e. The van der Waals surface area contributed by atoms with Crippen molar-refractivity contribution in [1.82, 2.24) is 5.32 Å². The largest absolute Gasteiger partial charge is 0.381 e. The van der Waals surface area contributed by atoms with Gasteiger partial charge in [0.15, 0.2) is 5.78 Å². The van der Waals surface area contributed by atoms with Crippen molar-refractivity contribution in [1.29, 1.82) is 0 Å². The fraction of sp³-hybridized carbons (Fsp3) is 0.0500. The average Bonchev–Trinajstić information content (AvgIpc) is 2.94. The summed E-state index contributed by atoms with van der Waals surface area (Å²) in [7, 11) is 0. The van der Waals surface area contributed by atoms with E-state index in [0.717, 1.165) is 28.0 Å². The van der Waals surface area contributed by atoms with Gasteiger partial charge in [-0.15, -0.1) is 0 Å². The van der Waals surface area contributed by atoms with Gasteiger partial charge in [0.1, 0.15) is 0 Å². The van der Waals surface area contributed by atoms with Crippen LogP contribution in [0.4, 0.5) is 0 Å². The highest BCUT2D eigenvalue weighted by Crippen LogP contribution is 2.38. The molecule has 0 atom stereocenters. The van der Waals surface area contributed by atoms with Crippen molar-refractivity contribution in [2.45, 2.75) is 6.54 Å². The number of rotatable bonds is 3. The lowest BCUT2D eigenvalue weighted by Crippen LogP contribution is -2.16. The van der Waals surface area contributed by atoms with E-state index < -0.39 is 0 Å². The summed E-state index contributed by atoms with van der Waals surface area (Å²) in [4.78, 5) is 12.3. The van der Waals surface area contributed by atoms with Crippen LogP contribution in [-0.4, -0.2) is 5.78 Å². The van der Waals surface area contributed by atoms with Gasteiger partial charge in [-0.3, -0.25) is 4.79 Å². The Morgan fingerprint density at radius 2 is 1.55 bits per heavy atom. The van der Waals surface area contributed by atoms with E-state index in [1.54, 1.807) is 6.08 Å². The normalized spacial score (nSPS) is 15.5. The third-order valence-corrected chi connectivity index (χ3v) is 4.03. The van der Waals surface area contributed by atoms with Gasteiger partial charge < -0.3 is 5.32 Å². The fourth-order valence-electron chi connectivity index (χ4n) is 2.92. The van der Waals surface area contributed by atoms with E-state index in [4.69, 9.17) is 0 Å². The predicted molar refractivity (Wildman–Crippen MR) is 88.8 cm³/mol. The molecule has 0 radical (unpaired) electrons. The highest BCUT2D eigenvalue weighted by atomic mass is 16.1. The SMILES string of the molecule is O=C1C=C(NCc2ccccc2)C=C2C1=Cc1ccccc12. The summed E-state index contributed by atoms with van der Waals surface area (Å²) < 4.78 is 0. The summed E-state index contributed by atoms with van der Waals surface area (Å²) >= 11 is 0. The third kappa shape index (κ3) is 2.19. The molecule has 0 aliphatic heterocycles. The summed E-state index contributed by atoms with van der Waals surface area (Å²) in [5, 5.41) is 3.35. The monoisotopic (exact) mass is 285 g/mol. The zero-order valence-electron chi connectivity index (χ0n) is 12.0. The molecule has 0 unspecified atom stereocenters. The van der Waals surface area contributed by atoms with Crippen LogP contribution in [0.15, 0.2) is 78.0 Å². The van der Waals surface area contributed by atoms with Gasteiger partial charge in [-0.25, -0.2) is 0 Å². The van der Waals surface area contributed by atoms with Gasteiger partial charge >= 0.3 is 0 Å². The quantitative estimate of drug-likeness (QED) is 0.931. The van der Waals surface area contributed by atoms with E-state index in [1.165, 1.54) is 5.56 Å². The van der Waals surface area contributed by atoms with Gasteiger partial charge in [0.25, 0.3) is 0 Å². The van der Waals surface area contributed by atoms with E-state index in [9.17, 15) is 4.79 Å². The second-order valence-electron chi connectivity index (χ2n) is 5.51. The van der Waals surface area contributed by atoms with Crippen LogP contribution in [0.3, 0.4) is 0 Å². The molecule has 2 aliphatic rings. The molecule has 106 valence electrons. The van der Waals surface area contributed by atoms with Crippen molar-refractivity contribution in [3.63, 3.8) is 0 Å². The fourth-order valence-corrected chi connectivity index (χ4v) is 2.92. The zero-order valence-corrected chi connectivity index (χ0v) is 12.0. The van der Waals surface area contributed by atoms with Crippen molar-refractivity contribution < 1.29 is 4.79 Å². The van der Waals surface area contributed by atoms with Crippen LogP contribution in [-0.2, 0) is 11.3 Å². The Balaban J connectivity index is 1.61. The first kappa shape index (κ1) is 12.8. The lowest BCUT2D eigenvalue weighted by molar-refractivity contribution is -0.111. The van der Waals surface area contributed by atoms with Crippen molar-refractivity contribution in [3.8, 4) is 0 Å². The van der Waals surface area contributed by atoms with Gasteiger partial charge in [-0.2, -0.15) is 0 Å². The molecule has 2 heteroatoms. The molecule has 4 rings (SSSR count). The molecule has 2 nitrogen and oxygen atoms in total. The maximum absolute atomic E-state index is 12.3. The van der Waals surface area contributed by atoms with Crippen LogP contribution < -0.4 is 5.32 Å². The average molecular weight is 285 g/mol. The number of carbonyl (C=O) groups is 1. The molecule has 0 bridgehead atoms. The first-order valence-corrected chi connectivity index (χ1v) is 7.38. The van der Waals surface area contributed by atoms with Gasteiger partial charge in [-0.05, 0) is 34.4 Å². The number of carbonyl (C=O) groups excluding carboxylic acids is 1. The van der Waals surface area contributed by atoms with E-state index in [0.29, 0.717) is 6.54 Å². The second kappa shape index (κ2) is 5.15. The van der Waals surface area contributed by atoms with E-state index in [-0.39, 0.29) is 5.78 Å². The lowest BCUT2D eigenvalue weighted by Gasteiger charge is -2.15. The van der Waals surface area contributed by atoms with Crippen molar-refractivity contribution >= 4 is 17.4 Å². The van der Waals surface area contributed by atoms with Gasteiger partial charge in [-0.1, -0.05) is 54.6 Å². The first-order chi connectivity index (χ1) is 10.8. The van der Waals surface area contributed by atoms with Crippen molar-refractivity contribution in [3.05, 3.63) is 94.7 Å². The van der Waals surface area contributed by atoms with E-state index in [2.05, 4.69) is 29.6 Å². The molecule has 0 spiro atoms. The van der Waals surface area contributed by atoms with Crippen LogP contribution >= 0.6 is 0 Å². The minimum absolute atomic E-state index is 0.0734. The van der Waals surface area contributed by atoms with Gasteiger partial charge in [0.05, 0.1) is 0 Å². The number of hydrogen-bond donors (Lipinski definition) is 1. The molecule has 2 aromatic carbocycles. The Kier molecular flexibility index (Phi) is 3.01. The molecule has 0 aromatic heterocycles. The lowest BCUT2D eigenvalue weighted by atomic mass is 9.94. The van der Waals surface area contributed by atoms with Crippen molar-refractivity contribution in [2.75, 3.05) is 0 Å². The Labute approximate surface area is 129 Å². The molecule has 22 heavy (non-hydrogen) atoms. The predicted octanol–water partition coefficient (Wildman–Crippen LogP) is 3.72. The molecule has 2 aliphatic carbocycles. The molecule has 0 saturated heterocycles. The first-order valence-electron chi connectivity index (χ1n) is 7.38. The van der Waals surface area contributed by atoms with Crippen LogP contribution in [0.1, 0.15) is 16.7 Å². The standard InChI is InChI=1S/C20H15NO/c22-20-12-16(21-13-14-6-2-1-3-7-14)11-18-17-9-5-4-8-15(17)10-19(18)20/h1-12,21H,13H2. The second-order valence-corrected chi connectivity index (χ2v) is 5.51. The van der Waals surface area contributed by atoms with E-state index in [1.807, 2.05) is 42.5 Å². The summed E-state index contributed by atoms with van der Waals surface area (Å²) in [5.74, 6) is 0.0734. The number of hydrogen-bond acceptors (Lipinski definition) is 2. The molecular formula is C20H15NO. The van der Waals surface area contributed by atoms with Crippen molar-refractivity contribution in [2.24, 2.45) is 0 Å². The summed E-state index contributed by atoms with van der Waals surface area (Å²) in [6.45, 7) is 0.713. The molecule has 0 saturated carbocycles. The summed E-state index contributed by atoms with van der Waals surface area (Å²) in [6.07, 6.45) is 5.74. The molecule has 1 N–H and O–H groups in total. The topological polar surface area (TPSA) is 29.1 Å². The number of nitrogens with one attached hydrogen (secondary N) is 1. The highest BCUT2D eigenvalue weighted by molar-refractivity contribution is 6.24. The van der Waals surface area contributed by atoms with Crippen LogP contribution in [0.5, 0.6) is 0 Å². The zero-order chi connectivity index (χ0) is 14.9. The summed E-state index contributed by atoms with van der Waals surface area (Å²) in [6, 6.07) is 18.3. The maximum Gasteiger partial charge on any atom is 0.188 e. The Bertz CT molecular complexity index is 841. The smallest absolute Gasteiger partial charge is 0.188 e. The maximum atomic E-state index is 12.3. The number of benzene rings is 2. The molecule has 0 fully saturated rings. The third-order valence-electron chi connectivity index (χ3n) is 4.03. The Morgan fingerprint density at radius 1 is 0.773 bits per heavy atom. The van der Waals surface area contributed by atoms with Crippen LogP contribution in [0, 0.1) is 0 Å². The molecular weight excluding hydrogens is 270 g/mol. The Hall–Kier alpha value is -2.87. The van der Waals surface area contributed by atoms with Crippen LogP contribution in [0.2, 0.25) is 0 Å². The number of allylic oxidation sites excluding steroid dienone is 4. The molecule has 0 amide bonds.